The highest BCUT2D eigenvalue weighted by molar-refractivity contribution is 5.64. The first-order valence-electron chi connectivity index (χ1n) is 6.26. The third-order valence-corrected chi connectivity index (χ3v) is 3.22. The number of hydrogen-bond donors (Lipinski definition) is 0. The molecule has 1 aliphatic heterocycles. The van der Waals surface area contributed by atoms with Crippen LogP contribution in [0.25, 0.3) is 0 Å². The highest BCUT2D eigenvalue weighted by Gasteiger charge is 2.32. The zero-order chi connectivity index (χ0) is 13.8. The van der Waals surface area contributed by atoms with Gasteiger partial charge in [-0.1, -0.05) is 6.92 Å². The SMILES string of the molecule is COc1ccc(OC(=O)OC2C[C@H](C)C(C)O2)cc1. The van der Waals surface area contributed by atoms with Gasteiger partial charge in [-0.15, -0.1) is 0 Å². The van der Waals surface area contributed by atoms with Crippen molar-refractivity contribution in [2.24, 2.45) is 5.92 Å². The fourth-order valence-corrected chi connectivity index (χ4v) is 1.87. The Labute approximate surface area is 112 Å². The average Bonchev–Trinajstić information content (AvgIpc) is 2.69. The van der Waals surface area contributed by atoms with Gasteiger partial charge in [-0.2, -0.15) is 0 Å². The van der Waals surface area contributed by atoms with Crippen LogP contribution in [-0.2, 0) is 9.47 Å². The maximum atomic E-state index is 11.6. The first-order valence-corrected chi connectivity index (χ1v) is 6.26. The lowest BCUT2D eigenvalue weighted by atomic mass is 10.1. The van der Waals surface area contributed by atoms with Gasteiger partial charge in [0.15, 0.2) is 0 Å². The second kappa shape index (κ2) is 5.93. The van der Waals surface area contributed by atoms with Crippen LogP contribution in [0.2, 0.25) is 0 Å². The highest BCUT2D eigenvalue weighted by Crippen LogP contribution is 2.27. The minimum Gasteiger partial charge on any atom is -0.497 e. The van der Waals surface area contributed by atoms with Crippen molar-refractivity contribution in [2.75, 3.05) is 7.11 Å². The van der Waals surface area contributed by atoms with E-state index < -0.39 is 12.4 Å². The minimum atomic E-state index is -0.753. The van der Waals surface area contributed by atoms with E-state index in [0.717, 1.165) is 0 Å². The standard InChI is InChI=1S/C14H18O5/c1-9-8-13(17-10(9)2)19-14(15)18-12-6-4-11(16-3)5-7-12/h4-7,9-10,13H,8H2,1-3H3/t9-,10?,13?/m0/s1. The third kappa shape index (κ3) is 3.61. The summed E-state index contributed by atoms with van der Waals surface area (Å²) in [7, 11) is 1.57. The quantitative estimate of drug-likeness (QED) is 0.622. The molecule has 2 rings (SSSR count). The second-order valence-electron chi connectivity index (χ2n) is 4.63. The Balaban J connectivity index is 1.84. The van der Waals surface area contributed by atoms with E-state index in [9.17, 15) is 4.79 Å². The molecule has 2 unspecified atom stereocenters. The van der Waals surface area contributed by atoms with Crippen LogP contribution in [0.15, 0.2) is 24.3 Å². The summed E-state index contributed by atoms with van der Waals surface area (Å²) < 4.78 is 20.6. The second-order valence-corrected chi connectivity index (χ2v) is 4.63. The largest absolute Gasteiger partial charge is 0.516 e. The summed E-state index contributed by atoms with van der Waals surface area (Å²) in [5.74, 6) is 1.48. The van der Waals surface area contributed by atoms with Crippen molar-refractivity contribution in [3.05, 3.63) is 24.3 Å². The predicted molar refractivity (Wildman–Crippen MR) is 68.2 cm³/mol. The normalized spacial score (nSPS) is 25.9. The Hall–Kier alpha value is -1.75. The zero-order valence-corrected chi connectivity index (χ0v) is 11.3. The van der Waals surface area contributed by atoms with E-state index in [4.69, 9.17) is 18.9 Å². The van der Waals surface area contributed by atoms with Crippen LogP contribution in [0, 0.1) is 5.92 Å². The number of carbonyl (C=O) groups excluding carboxylic acids is 1. The van der Waals surface area contributed by atoms with Gasteiger partial charge in [0.05, 0.1) is 13.2 Å². The van der Waals surface area contributed by atoms with Gasteiger partial charge in [0.2, 0.25) is 6.29 Å². The number of hydrogen-bond acceptors (Lipinski definition) is 5. The Morgan fingerprint density at radius 3 is 2.37 bits per heavy atom. The zero-order valence-electron chi connectivity index (χ0n) is 11.3. The fraction of sp³-hybridized carbons (Fsp3) is 0.500. The van der Waals surface area contributed by atoms with Gasteiger partial charge < -0.3 is 18.9 Å². The molecule has 1 fully saturated rings. The van der Waals surface area contributed by atoms with Crippen LogP contribution in [0.1, 0.15) is 20.3 Å². The minimum absolute atomic E-state index is 0.0961. The summed E-state index contributed by atoms with van der Waals surface area (Å²) in [5.41, 5.74) is 0. The van der Waals surface area contributed by atoms with Crippen LogP contribution < -0.4 is 9.47 Å². The molecule has 5 heteroatoms. The Kier molecular flexibility index (Phi) is 4.27. The molecule has 0 amide bonds. The maximum Gasteiger partial charge on any atom is 0.516 e. The van der Waals surface area contributed by atoms with E-state index in [0.29, 0.717) is 23.8 Å². The van der Waals surface area contributed by atoms with Crippen molar-refractivity contribution in [3.63, 3.8) is 0 Å². The molecule has 1 aromatic rings. The summed E-state index contributed by atoms with van der Waals surface area (Å²) >= 11 is 0. The smallest absolute Gasteiger partial charge is 0.497 e. The summed E-state index contributed by atoms with van der Waals surface area (Å²) in [6.07, 6.45) is -0.482. The lowest BCUT2D eigenvalue weighted by Gasteiger charge is -2.12. The molecule has 1 aliphatic rings. The van der Waals surface area contributed by atoms with Crippen molar-refractivity contribution < 1.29 is 23.7 Å². The maximum absolute atomic E-state index is 11.6. The first kappa shape index (κ1) is 13.7. The van der Waals surface area contributed by atoms with E-state index in [-0.39, 0.29) is 6.10 Å². The van der Waals surface area contributed by atoms with Crippen LogP contribution in [0.3, 0.4) is 0 Å². The van der Waals surface area contributed by atoms with Gasteiger partial charge >= 0.3 is 6.16 Å². The van der Waals surface area contributed by atoms with Crippen molar-refractivity contribution >= 4 is 6.16 Å². The topological polar surface area (TPSA) is 54.0 Å². The molecule has 3 atom stereocenters. The molecule has 104 valence electrons. The van der Waals surface area contributed by atoms with Gasteiger partial charge in [-0.05, 0) is 37.1 Å². The van der Waals surface area contributed by atoms with Crippen LogP contribution in [0.4, 0.5) is 4.79 Å². The molecule has 1 aromatic carbocycles. The number of methoxy groups -OCH3 is 1. The third-order valence-electron chi connectivity index (χ3n) is 3.22. The van der Waals surface area contributed by atoms with Gasteiger partial charge in [-0.3, -0.25) is 0 Å². The van der Waals surface area contributed by atoms with E-state index in [2.05, 4.69) is 6.92 Å². The van der Waals surface area contributed by atoms with Crippen LogP contribution in [0.5, 0.6) is 11.5 Å². The lowest BCUT2D eigenvalue weighted by molar-refractivity contribution is -0.102. The molecule has 0 aliphatic carbocycles. The Bertz CT molecular complexity index is 418. The molecular formula is C14H18O5. The molecule has 1 saturated heterocycles. The predicted octanol–water partition coefficient (Wildman–Crippen LogP) is 2.98. The highest BCUT2D eigenvalue weighted by atomic mass is 16.8. The number of rotatable bonds is 3. The average molecular weight is 266 g/mol. The van der Waals surface area contributed by atoms with E-state index >= 15 is 0 Å². The van der Waals surface area contributed by atoms with Gasteiger partial charge in [0, 0.05) is 6.42 Å². The number of benzene rings is 1. The molecule has 0 bridgehead atoms. The summed E-state index contributed by atoms with van der Waals surface area (Å²) in [6.45, 7) is 4.02. The fourth-order valence-electron chi connectivity index (χ4n) is 1.87. The van der Waals surface area contributed by atoms with Crippen molar-refractivity contribution in [3.8, 4) is 11.5 Å². The summed E-state index contributed by atoms with van der Waals surface area (Å²) in [6, 6.07) is 6.69. The van der Waals surface area contributed by atoms with Crippen molar-refractivity contribution in [1.82, 2.24) is 0 Å². The Morgan fingerprint density at radius 1 is 1.21 bits per heavy atom. The van der Waals surface area contributed by atoms with Gasteiger partial charge in [0.1, 0.15) is 11.5 Å². The monoisotopic (exact) mass is 266 g/mol. The first-order chi connectivity index (χ1) is 9.08. The van der Waals surface area contributed by atoms with Gasteiger partial charge in [0.25, 0.3) is 0 Å². The summed E-state index contributed by atoms with van der Waals surface area (Å²) in [4.78, 5) is 11.6. The van der Waals surface area contributed by atoms with Crippen molar-refractivity contribution in [1.29, 1.82) is 0 Å². The van der Waals surface area contributed by atoms with E-state index in [1.54, 1.807) is 31.4 Å². The van der Waals surface area contributed by atoms with Crippen molar-refractivity contribution in [2.45, 2.75) is 32.7 Å². The van der Waals surface area contributed by atoms with E-state index in [1.807, 2.05) is 6.92 Å². The number of ether oxygens (including phenoxy) is 4. The summed E-state index contributed by atoms with van der Waals surface area (Å²) in [5, 5.41) is 0. The van der Waals surface area contributed by atoms with Crippen LogP contribution in [-0.4, -0.2) is 25.7 Å². The van der Waals surface area contributed by atoms with Crippen LogP contribution >= 0.6 is 0 Å². The molecule has 5 nitrogen and oxygen atoms in total. The molecule has 0 spiro atoms. The molecule has 0 radical (unpaired) electrons. The Morgan fingerprint density at radius 2 is 1.84 bits per heavy atom. The lowest BCUT2D eigenvalue weighted by Crippen LogP contribution is -2.20. The van der Waals surface area contributed by atoms with E-state index in [1.165, 1.54) is 0 Å². The molecule has 0 saturated carbocycles. The molecule has 0 N–H and O–H groups in total. The van der Waals surface area contributed by atoms with Gasteiger partial charge in [-0.25, -0.2) is 4.79 Å². The molecule has 19 heavy (non-hydrogen) atoms. The molecular weight excluding hydrogens is 248 g/mol. The molecule has 0 aromatic heterocycles. The molecule has 1 heterocycles. The number of carbonyl (C=O) groups is 1.